The van der Waals surface area contributed by atoms with Crippen molar-refractivity contribution >= 4 is 39.3 Å². The molecular formula is C23H29ClN2O5S2. The van der Waals surface area contributed by atoms with Crippen molar-refractivity contribution in [2.45, 2.75) is 23.5 Å². The van der Waals surface area contributed by atoms with Crippen LogP contribution in [0.1, 0.15) is 17.5 Å². The largest absolute Gasteiger partial charge is 0.496 e. The molecule has 0 bridgehead atoms. The van der Waals surface area contributed by atoms with Gasteiger partial charge >= 0.3 is 0 Å². The summed E-state index contributed by atoms with van der Waals surface area (Å²) in [5, 5.41) is 3.64. The number of aryl methyl sites for hydroxylation is 1. The number of amides is 1. The summed E-state index contributed by atoms with van der Waals surface area (Å²) in [6, 6.07) is 12.5. The lowest BCUT2D eigenvalue weighted by Gasteiger charge is -2.26. The van der Waals surface area contributed by atoms with E-state index < -0.39 is 10.0 Å². The van der Waals surface area contributed by atoms with Crippen LogP contribution in [0.15, 0.2) is 47.4 Å². The van der Waals surface area contributed by atoms with Crippen LogP contribution in [0.5, 0.6) is 5.75 Å². The number of hydrogen-bond acceptors (Lipinski definition) is 6. The molecule has 2 aromatic rings. The predicted octanol–water partition coefficient (Wildman–Crippen LogP) is 3.35. The third kappa shape index (κ3) is 7.61. The minimum atomic E-state index is -3.61. The number of ether oxygens (including phenoxy) is 2. The van der Waals surface area contributed by atoms with Crippen molar-refractivity contribution in [1.29, 1.82) is 0 Å². The standard InChI is InChI=1S/C23H29ClN2O5S2/c1-30-22-7-6-21(33(28,29)26-10-12-31-13-11-26)16-19(22)5-8-23(27)25-9-14-32-17-18-3-2-4-20(24)15-18/h2-4,6-7,15-16H,5,8-14,17H2,1H3,(H,25,27). The number of nitrogens with zero attached hydrogens (tertiary/aromatic N) is 1. The first kappa shape index (κ1) is 25.8. The Morgan fingerprint density at radius 3 is 2.73 bits per heavy atom. The highest BCUT2D eigenvalue weighted by Crippen LogP contribution is 2.26. The molecule has 180 valence electrons. The summed E-state index contributed by atoms with van der Waals surface area (Å²) in [4.78, 5) is 12.5. The summed E-state index contributed by atoms with van der Waals surface area (Å²) >= 11 is 7.71. The molecule has 2 aromatic carbocycles. The van der Waals surface area contributed by atoms with Crippen LogP contribution in [0.3, 0.4) is 0 Å². The number of carbonyl (C=O) groups excluding carboxylic acids is 1. The van der Waals surface area contributed by atoms with Crippen molar-refractivity contribution in [3.05, 3.63) is 58.6 Å². The van der Waals surface area contributed by atoms with Crippen molar-refractivity contribution in [3.8, 4) is 5.75 Å². The Morgan fingerprint density at radius 2 is 2.00 bits per heavy atom. The monoisotopic (exact) mass is 512 g/mol. The van der Waals surface area contributed by atoms with E-state index in [0.717, 1.165) is 22.1 Å². The molecule has 0 spiro atoms. The third-order valence-corrected chi connectivity index (χ3v) is 8.37. The summed E-state index contributed by atoms with van der Waals surface area (Å²) in [5.41, 5.74) is 1.84. The molecule has 1 aliphatic rings. The van der Waals surface area contributed by atoms with Crippen molar-refractivity contribution < 1.29 is 22.7 Å². The molecule has 0 aromatic heterocycles. The van der Waals surface area contributed by atoms with Gasteiger partial charge in [0.15, 0.2) is 0 Å². The molecule has 1 fully saturated rings. The second-order valence-electron chi connectivity index (χ2n) is 7.52. The summed E-state index contributed by atoms with van der Waals surface area (Å²) in [6.07, 6.45) is 0.632. The number of rotatable bonds is 11. The number of nitrogens with one attached hydrogen (secondary N) is 1. The number of carbonyl (C=O) groups is 1. The molecule has 1 N–H and O–H groups in total. The average molecular weight is 513 g/mol. The van der Waals surface area contributed by atoms with Crippen LogP contribution in [0.25, 0.3) is 0 Å². The van der Waals surface area contributed by atoms with E-state index in [1.54, 1.807) is 30.0 Å². The number of morpholine rings is 1. The maximum absolute atomic E-state index is 12.9. The van der Waals surface area contributed by atoms with E-state index in [1.165, 1.54) is 11.4 Å². The molecule has 10 heteroatoms. The van der Waals surface area contributed by atoms with Gasteiger partial charge in [-0.3, -0.25) is 4.79 Å². The fourth-order valence-corrected chi connectivity index (χ4v) is 5.94. The Labute approximate surface area is 204 Å². The zero-order chi connectivity index (χ0) is 23.7. The van der Waals surface area contributed by atoms with Gasteiger partial charge in [-0.15, -0.1) is 0 Å². The van der Waals surface area contributed by atoms with Crippen LogP contribution < -0.4 is 10.1 Å². The van der Waals surface area contributed by atoms with Crippen molar-refractivity contribution in [1.82, 2.24) is 9.62 Å². The van der Waals surface area contributed by atoms with Gasteiger partial charge in [-0.25, -0.2) is 8.42 Å². The van der Waals surface area contributed by atoms with E-state index in [2.05, 4.69) is 5.32 Å². The van der Waals surface area contributed by atoms with Crippen molar-refractivity contribution in [3.63, 3.8) is 0 Å². The molecule has 33 heavy (non-hydrogen) atoms. The number of benzene rings is 2. The fourth-order valence-electron chi connectivity index (χ4n) is 3.46. The minimum absolute atomic E-state index is 0.0816. The molecule has 1 aliphatic heterocycles. The van der Waals surface area contributed by atoms with Gasteiger partial charge in [-0.2, -0.15) is 16.1 Å². The lowest BCUT2D eigenvalue weighted by molar-refractivity contribution is -0.120. The minimum Gasteiger partial charge on any atom is -0.496 e. The first-order valence-electron chi connectivity index (χ1n) is 10.7. The zero-order valence-electron chi connectivity index (χ0n) is 18.6. The molecule has 0 radical (unpaired) electrons. The van der Waals surface area contributed by atoms with E-state index in [0.29, 0.717) is 50.6 Å². The Balaban J connectivity index is 1.49. The molecule has 0 aliphatic carbocycles. The molecule has 0 saturated carbocycles. The molecular weight excluding hydrogens is 484 g/mol. The maximum Gasteiger partial charge on any atom is 0.243 e. The Hall–Kier alpha value is -1.78. The summed E-state index contributed by atoms with van der Waals surface area (Å²) in [5.74, 6) is 2.11. The second kappa shape index (κ2) is 12.6. The van der Waals surface area contributed by atoms with E-state index in [4.69, 9.17) is 21.1 Å². The Morgan fingerprint density at radius 1 is 1.21 bits per heavy atom. The molecule has 7 nitrogen and oxygen atoms in total. The number of sulfonamides is 1. The molecule has 1 amide bonds. The fraction of sp³-hybridized carbons (Fsp3) is 0.435. The smallest absolute Gasteiger partial charge is 0.243 e. The maximum atomic E-state index is 12.9. The van der Waals surface area contributed by atoms with Crippen LogP contribution in [-0.2, 0) is 31.7 Å². The van der Waals surface area contributed by atoms with Gasteiger partial charge in [0, 0.05) is 42.6 Å². The molecule has 0 unspecified atom stereocenters. The first-order chi connectivity index (χ1) is 15.9. The topological polar surface area (TPSA) is 84.9 Å². The number of hydrogen-bond donors (Lipinski definition) is 1. The van der Waals surface area contributed by atoms with Gasteiger partial charge in [0.2, 0.25) is 15.9 Å². The van der Waals surface area contributed by atoms with Gasteiger partial charge in [-0.1, -0.05) is 23.7 Å². The van der Waals surface area contributed by atoms with Crippen LogP contribution >= 0.6 is 23.4 Å². The van der Waals surface area contributed by atoms with E-state index in [9.17, 15) is 13.2 Å². The Kier molecular flexibility index (Phi) is 9.88. The number of methoxy groups -OCH3 is 1. The summed E-state index contributed by atoms with van der Waals surface area (Å²) in [6.45, 7) is 2.01. The SMILES string of the molecule is COc1ccc(S(=O)(=O)N2CCOCC2)cc1CCC(=O)NCCSCc1cccc(Cl)c1. The van der Waals surface area contributed by atoms with Crippen LogP contribution in [0.4, 0.5) is 0 Å². The highest BCUT2D eigenvalue weighted by Gasteiger charge is 2.27. The summed E-state index contributed by atoms with van der Waals surface area (Å²) < 4.78 is 37.9. The Bertz CT molecular complexity index is 1040. The highest BCUT2D eigenvalue weighted by molar-refractivity contribution is 7.98. The van der Waals surface area contributed by atoms with E-state index in [1.807, 2.05) is 24.3 Å². The van der Waals surface area contributed by atoms with Crippen LogP contribution in [0, 0.1) is 0 Å². The third-order valence-electron chi connectivity index (χ3n) is 5.21. The lowest BCUT2D eigenvalue weighted by atomic mass is 10.1. The summed E-state index contributed by atoms with van der Waals surface area (Å²) in [7, 11) is -2.07. The zero-order valence-corrected chi connectivity index (χ0v) is 21.0. The number of halogens is 1. The molecule has 1 heterocycles. The molecule has 3 rings (SSSR count). The average Bonchev–Trinajstić information content (AvgIpc) is 2.83. The molecule has 0 atom stereocenters. The molecule has 1 saturated heterocycles. The quantitative estimate of drug-likeness (QED) is 0.465. The van der Waals surface area contributed by atoms with Gasteiger partial charge < -0.3 is 14.8 Å². The lowest BCUT2D eigenvalue weighted by Crippen LogP contribution is -2.40. The van der Waals surface area contributed by atoms with Gasteiger partial charge in [-0.05, 0) is 47.9 Å². The normalized spacial score (nSPS) is 14.7. The van der Waals surface area contributed by atoms with Gasteiger partial charge in [0.05, 0.1) is 25.2 Å². The first-order valence-corrected chi connectivity index (χ1v) is 13.7. The second-order valence-corrected chi connectivity index (χ2v) is 11.0. The van der Waals surface area contributed by atoms with Gasteiger partial charge in [0.1, 0.15) is 5.75 Å². The number of thioether (sulfide) groups is 1. The van der Waals surface area contributed by atoms with Crippen molar-refractivity contribution in [2.75, 3.05) is 45.7 Å². The van der Waals surface area contributed by atoms with E-state index >= 15 is 0 Å². The highest BCUT2D eigenvalue weighted by atomic mass is 35.5. The van der Waals surface area contributed by atoms with Crippen molar-refractivity contribution in [2.24, 2.45) is 0 Å². The van der Waals surface area contributed by atoms with E-state index in [-0.39, 0.29) is 17.2 Å². The van der Waals surface area contributed by atoms with Gasteiger partial charge in [0.25, 0.3) is 0 Å². The predicted molar refractivity (Wildman–Crippen MR) is 132 cm³/mol. The van der Waals surface area contributed by atoms with Crippen LogP contribution in [-0.4, -0.2) is 64.3 Å². The van der Waals surface area contributed by atoms with Crippen LogP contribution in [0.2, 0.25) is 5.02 Å².